The lowest BCUT2D eigenvalue weighted by molar-refractivity contribution is 0.264. The highest BCUT2D eigenvalue weighted by Gasteiger charge is 2.03. The van der Waals surface area contributed by atoms with Gasteiger partial charge in [-0.2, -0.15) is 0 Å². The molecule has 0 N–H and O–H groups in total. The number of aromatic nitrogens is 1. The van der Waals surface area contributed by atoms with Gasteiger partial charge >= 0.3 is 6.47 Å². The van der Waals surface area contributed by atoms with Crippen molar-refractivity contribution in [2.75, 3.05) is 0 Å². The first-order valence-corrected chi connectivity index (χ1v) is 5.27. The molecule has 1 heterocycles. The largest absolute Gasteiger partial charge is 0.451 e. The molecule has 0 aliphatic carbocycles. The molecule has 0 fully saturated rings. The Hall–Kier alpha value is -1.68. The van der Waals surface area contributed by atoms with Gasteiger partial charge in [0.2, 0.25) is 0 Å². The lowest BCUT2D eigenvalue weighted by Crippen LogP contribution is -1.89. The number of rotatable bonds is 4. The zero-order valence-corrected chi connectivity index (χ0v) is 8.66. The molecule has 1 radical (unpaired) electrons. The molecule has 3 nitrogen and oxygen atoms in total. The molecule has 75 valence electrons. The van der Waals surface area contributed by atoms with Crippen molar-refractivity contribution in [3.8, 4) is 10.6 Å². The monoisotopic (exact) mass is 218 g/mol. The van der Waals surface area contributed by atoms with E-state index < -0.39 is 0 Å². The van der Waals surface area contributed by atoms with Crippen LogP contribution in [0.4, 0.5) is 0 Å². The average molecular weight is 218 g/mol. The van der Waals surface area contributed by atoms with Crippen LogP contribution in [0.25, 0.3) is 10.6 Å². The number of thiazole rings is 1. The maximum Gasteiger partial charge on any atom is 0.417 e. The molecule has 0 amide bonds. The maximum atomic E-state index is 9.88. The molecule has 2 aromatic rings. The van der Waals surface area contributed by atoms with Gasteiger partial charge in [-0.15, -0.1) is 11.3 Å². The highest BCUT2D eigenvalue weighted by Crippen LogP contribution is 2.23. The predicted molar refractivity (Wildman–Crippen MR) is 58.0 cm³/mol. The number of hydrogen-bond acceptors (Lipinski definition) is 4. The molecule has 0 bridgehead atoms. The molecule has 0 saturated carbocycles. The minimum atomic E-state index is 0.187. The third-order valence-electron chi connectivity index (χ3n) is 1.85. The Morgan fingerprint density at radius 2 is 2.13 bits per heavy atom. The van der Waals surface area contributed by atoms with Crippen molar-refractivity contribution >= 4 is 17.8 Å². The molecule has 1 aromatic heterocycles. The van der Waals surface area contributed by atoms with Gasteiger partial charge in [0.15, 0.2) is 0 Å². The molecule has 0 unspecified atom stereocenters. The van der Waals surface area contributed by atoms with Crippen LogP contribution in [0.2, 0.25) is 0 Å². The molecular weight excluding hydrogens is 210 g/mol. The summed E-state index contributed by atoms with van der Waals surface area (Å²) < 4.78 is 4.51. The average Bonchev–Trinajstić information content (AvgIpc) is 2.76. The first-order valence-electron chi connectivity index (χ1n) is 4.39. The van der Waals surface area contributed by atoms with Gasteiger partial charge in [-0.05, 0) is 0 Å². The molecule has 0 aliphatic rings. The number of nitrogens with zero attached hydrogens (tertiary/aromatic N) is 1. The van der Waals surface area contributed by atoms with E-state index in [0.29, 0.717) is 0 Å². The van der Waals surface area contributed by atoms with Gasteiger partial charge in [0, 0.05) is 10.9 Å². The fourth-order valence-electron chi connectivity index (χ4n) is 1.19. The summed E-state index contributed by atoms with van der Waals surface area (Å²) in [5.74, 6) is 0. The normalized spacial score (nSPS) is 9.87. The van der Waals surface area contributed by atoms with E-state index in [4.69, 9.17) is 0 Å². The zero-order chi connectivity index (χ0) is 10.5. The van der Waals surface area contributed by atoms with E-state index in [2.05, 4.69) is 9.72 Å². The van der Waals surface area contributed by atoms with Crippen molar-refractivity contribution in [3.05, 3.63) is 41.4 Å². The molecule has 2 rings (SSSR count). The molecule has 0 aliphatic heterocycles. The number of benzene rings is 1. The van der Waals surface area contributed by atoms with Crippen molar-refractivity contribution in [3.63, 3.8) is 0 Å². The molecule has 1 aromatic carbocycles. The van der Waals surface area contributed by atoms with Gasteiger partial charge < -0.3 is 4.74 Å². The Morgan fingerprint density at radius 3 is 2.87 bits per heavy atom. The molecular formula is C11H8NO2S. The van der Waals surface area contributed by atoms with E-state index >= 15 is 0 Å². The van der Waals surface area contributed by atoms with Crippen LogP contribution in [-0.4, -0.2) is 11.5 Å². The summed E-state index contributed by atoms with van der Waals surface area (Å²) in [4.78, 5) is 14.2. The second kappa shape index (κ2) is 4.70. The van der Waals surface area contributed by atoms with Crippen LogP contribution >= 0.6 is 11.3 Å². The summed E-state index contributed by atoms with van der Waals surface area (Å²) in [7, 11) is 0. The van der Waals surface area contributed by atoms with E-state index in [0.717, 1.165) is 16.3 Å². The van der Waals surface area contributed by atoms with E-state index in [9.17, 15) is 4.79 Å². The van der Waals surface area contributed by atoms with E-state index in [1.807, 2.05) is 35.7 Å². The standard InChI is InChI=1S/C11H8NO2S/c13-8-14-6-10-7-15-11(12-10)9-4-2-1-3-5-9/h1-5,7H,6H2. The van der Waals surface area contributed by atoms with Crippen LogP contribution in [0.5, 0.6) is 0 Å². The minimum absolute atomic E-state index is 0.187. The molecule has 0 spiro atoms. The third-order valence-corrected chi connectivity index (χ3v) is 2.79. The summed E-state index contributed by atoms with van der Waals surface area (Å²) in [5.41, 5.74) is 1.83. The number of carbonyl (C=O) groups excluding carboxylic acids is 1. The minimum Gasteiger partial charge on any atom is -0.451 e. The highest BCUT2D eigenvalue weighted by molar-refractivity contribution is 7.13. The Morgan fingerprint density at radius 1 is 1.33 bits per heavy atom. The fraction of sp³-hybridized carbons (Fsp3) is 0.0909. The SMILES string of the molecule is O=[C]OCc1csc(-c2ccccc2)n1. The van der Waals surface area contributed by atoms with Crippen molar-refractivity contribution < 1.29 is 9.53 Å². The van der Waals surface area contributed by atoms with E-state index in [1.165, 1.54) is 17.8 Å². The van der Waals surface area contributed by atoms with Gasteiger partial charge in [0.25, 0.3) is 0 Å². The first kappa shape index (κ1) is 9.86. The summed E-state index contributed by atoms with van der Waals surface area (Å²) in [6.07, 6.45) is 0. The van der Waals surface area contributed by atoms with Crippen molar-refractivity contribution in [2.45, 2.75) is 6.61 Å². The highest BCUT2D eigenvalue weighted by atomic mass is 32.1. The van der Waals surface area contributed by atoms with E-state index in [1.54, 1.807) is 0 Å². The van der Waals surface area contributed by atoms with Gasteiger partial charge in [-0.3, -0.25) is 0 Å². The molecule has 0 saturated heterocycles. The van der Waals surface area contributed by atoms with Crippen LogP contribution < -0.4 is 0 Å². The van der Waals surface area contributed by atoms with Gasteiger partial charge in [-0.1, -0.05) is 30.3 Å². The summed E-state index contributed by atoms with van der Waals surface area (Å²) in [6.45, 7) is 1.57. The second-order valence-corrected chi connectivity index (χ2v) is 3.74. The van der Waals surface area contributed by atoms with Crippen molar-refractivity contribution in [1.82, 2.24) is 4.98 Å². The Bertz CT molecular complexity index is 439. The van der Waals surface area contributed by atoms with Gasteiger partial charge in [0.1, 0.15) is 11.6 Å². The van der Waals surface area contributed by atoms with Crippen LogP contribution in [-0.2, 0) is 16.1 Å². The number of hydrogen-bond donors (Lipinski definition) is 0. The summed E-state index contributed by atoms with van der Waals surface area (Å²) >= 11 is 1.53. The topological polar surface area (TPSA) is 39.2 Å². The Kier molecular flexibility index (Phi) is 3.09. The van der Waals surface area contributed by atoms with Gasteiger partial charge in [0.05, 0.1) is 5.69 Å². The van der Waals surface area contributed by atoms with Crippen LogP contribution in [0.1, 0.15) is 5.69 Å². The van der Waals surface area contributed by atoms with Crippen molar-refractivity contribution in [1.29, 1.82) is 0 Å². The quantitative estimate of drug-likeness (QED) is 0.791. The van der Waals surface area contributed by atoms with Crippen LogP contribution in [0.15, 0.2) is 35.7 Å². The van der Waals surface area contributed by atoms with Crippen molar-refractivity contribution in [2.24, 2.45) is 0 Å². The zero-order valence-electron chi connectivity index (χ0n) is 7.84. The molecule has 15 heavy (non-hydrogen) atoms. The summed E-state index contributed by atoms with van der Waals surface area (Å²) in [5, 5.41) is 2.81. The first-order chi connectivity index (χ1) is 7.40. The summed E-state index contributed by atoms with van der Waals surface area (Å²) in [6, 6.07) is 9.88. The Balaban J connectivity index is 2.17. The lowest BCUT2D eigenvalue weighted by Gasteiger charge is -1.94. The number of ether oxygens (including phenoxy) is 1. The smallest absolute Gasteiger partial charge is 0.417 e. The van der Waals surface area contributed by atoms with Crippen LogP contribution in [0, 0.1) is 0 Å². The van der Waals surface area contributed by atoms with Gasteiger partial charge in [-0.25, -0.2) is 9.78 Å². The predicted octanol–water partition coefficient (Wildman–Crippen LogP) is 2.39. The second-order valence-electron chi connectivity index (χ2n) is 2.88. The molecule has 4 heteroatoms. The fourth-order valence-corrected chi connectivity index (χ4v) is 2.00. The molecule has 0 atom stereocenters. The third kappa shape index (κ3) is 2.41. The Labute approximate surface area is 91.4 Å². The lowest BCUT2D eigenvalue weighted by atomic mass is 10.2. The van der Waals surface area contributed by atoms with E-state index in [-0.39, 0.29) is 6.61 Å². The maximum absolute atomic E-state index is 9.88. The van der Waals surface area contributed by atoms with Crippen LogP contribution in [0.3, 0.4) is 0 Å².